The summed E-state index contributed by atoms with van der Waals surface area (Å²) >= 11 is 4.68. The monoisotopic (exact) mass is 540 g/mol. The predicted octanol–water partition coefficient (Wildman–Crippen LogP) is 3.49. The summed E-state index contributed by atoms with van der Waals surface area (Å²) in [5, 5.41) is 0. The molecule has 3 aromatic rings. The molecule has 1 aliphatic rings. The molecule has 0 saturated heterocycles. The number of fused-ring (bicyclic) bond motifs is 1. The van der Waals surface area contributed by atoms with Crippen LogP contribution in [0.5, 0.6) is 5.75 Å². The van der Waals surface area contributed by atoms with Gasteiger partial charge in [-0.3, -0.25) is 14.2 Å². The Hall–Kier alpha value is -3.30. The number of aromatic nitrogens is 1. The van der Waals surface area contributed by atoms with Crippen LogP contribution in [-0.4, -0.2) is 23.1 Å². The molecular weight excluding hydrogens is 520 g/mol. The Balaban J connectivity index is 1.89. The Morgan fingerprint density at radius 2 is 1.82 bits per heavy atom. The van der Waals surface area contributed by atoms with Crippen LogP contribution in [0.2, 0.25) is 0 Å². The number of hydrogen-bond acceptors (Lipinski definition) is 7. The third kappa shape index (κ3) is 4.80. The van der Waals surface area contributed by atoms with E-state index < -0.39 is 18.0 Å². The zero-order chi connectivity index (χ0) is 24.4. The van der Waals surface area contributed by atoms with Gasteiger partial charge in [0.15, 0.2) is 4.80 Å². The third-order valence-electron chi connectivity index (χ3n) is 5.14. The lowest BCUT2D eigenvalue weighted by molar-refractivity contribution is -0.139. The van der Waals surface area contributed by atoms with Crippen molar-refractivity contribution in [2.75, 3.05) is 6.61 Å². The Morgan fingerprint density at radius 3 is 2.44 bits per heavy atom. The summed E-state index contributed by atoms with van der Waals surface area (Å²) in [4.78, 5) is 42.8. The average molecular weight is 541 g/mol. The number of rotatable bonds is 5. The van der Waals surface area contributed by atoms with Crippen molar-refractivity contribution in [1.82, 2.24) is 4.57 Å². The van der Waals surface area contributed by atoms with Crippen molar-refractivity contribution in [3.8, 4) is 5.75 Å². The number of nitrogens with zero attached hydrogens (tertiary/aromatic N) is 2. The Bertz CT molecular complexity index is 1470. The van der Waals surface area contributed by atoms with E-state index in [0.717, 1.165) is 10.0 Å². The van der Waals surface area contributed by atoms with Gasteiger partial charge in [0.25, 0.3) is 5.56 Å². The lowest BCUT2D eigenvalue weighted by atomic mass is 9.96. The normalized spacial score (nSPS) is 15.5. The van der Waals surface area contributed by atoms with Crippen LogP contribution in [0.25, 0.3) is 6.08 Å². The minimum Gasteiger partial charge on any atom is -0.463 e. The van der Waals surface area contributed by atoms with Crippen LogP contribution in [0.3, 0.4) is 0 Å². The maximum Gasteiger partial charge on any atom is 0.338 e. The largest absolute Gasteiger partial charge is 0.463 e. The van der Waals surface area contributed by atoms with Crippen LogP contribution in [0.15, 0.2) is 74.1 Å². The standard InChI is InChI=1S/C25H21BrN2O5S/c1-4-32-24(31)21-14(2)27-25-28(22(21)17-7-11-19(12-8-17)33-15(3)29)23(30)20(34-25)13-16-5-9-18(26)10-6-16/h5-13,22H,4H2,1-3H3/b20-13-. The lowest BCUT2D eigenvalue weighted by Crippen LogP contribution is -2.39. The second-order valence-electron chi connectivity index (χ2n) is 7.52. The smallest absolute Gasteiger partial charge is 0.338 e. The number of carbonyl (C=O) groups excluding carboxylic acids is 2. The number of ether oxygens (including phenoxy) is 2. The number of benzene rings is 2. The minimum atomic E-state index is -0.728. The average Bonchev–Trinajstić information content (AvgIpc) is 3.09. The zero-order valence-electron chi connectivity index (χ0n) is 18.7. The van der Waals surface area contributed by atoms with Crippen LogP contribution in [-0.2, 0) is 14.3 Å². The van der Waals surface area contributed by atoms with Gasteiger partial charge in [0.05, 0.1) is 28.5 Å². The fourth-order valence-corrected chi connectivity index (χ4v) is 5.01. The first-order valence-corrected chi connectivity index (χ1v) is 12.1. The van der Waals surface area contributed by atoms with Crippen LogP contribution in [0.4, 0.5) is 0 Å². The van der Waals surface area contributed by atoms with Gasteiger partial charge >= 0.3 is 11.9 Å². The van der Waals surface area contributed by atoms with Crippen molar-refractivity contribution in [3.63, 3.8) is 0 Å². The van der Waals surface area contributed by atoms with Crippen molar-refractivity contribution in [2.45, 2.75) is 26.8 Å². The van der Waals surface area contributed by atoms with E-state index >= 15 is 0 Å². The minimum absolute atomic E-state index is 0.196. The molecule has 0 aliphatic carbocycles. The Morgan fingerprint density at radius 1 is 1.15 bits per heavy atom. The molecule has 0 N–H and O–H groups in total. The SMILES string of the molecule is CCOC(=O)C1=C(C)N=c2s/c(=C\c3ccc(Br)cc3)c(=O)n2C1c1ccc(OC(C)=O)cc1. The molecule has 0 fully saturated rings. The van der Waals surface area contributed by atoms with E-state index in [-0.39, 0.29) is 12.2 Å². The van der Waals surface area contributed by atoms with Crippen LogP contribution in [0, 0.1) is 0 Å². The molecule has 4 rings (SSSR count). The van der Waals surface area contributed by atoms with E-state index in [1.807, 2.05) is 24.3 Å². The summed E-state index contributed by atoms with van der Waals surface area (Å²) in [6.45, 7) is 4.98. The second-order valence-corrected chi connectivity index (χ2v) is 9.44. The molecule has 2 heterocycles. The topological polar surface area (TPSA) is 87.0 Å². The highest BCUT2D eigenvalue weighted by molar-refractivity contribution is 9.10. The van der Waals surface area contributed by atoms with Crippen molar-refractivity contribution in [1.29, 1.82) is 0 Å². The summed E-state index contributed by atoms with van der Waals surface area (Å²) in [7, 11) is 0. The number of hydrogen-bond donors (Lipinski definition) is 0. The molecule has 0 saturated carbocycles. The third-order valence-corrected chi connectivity index (χ3v) is 6.65. The van der Waals surface area contributed by atoms with Crippen molar-refractivity contribution in [3.05, 3.63) is 95.1 Å². The molecule has 7 nitrogen and oxygen atoms in total. The summed E-state index contributed by atoms with van der Waals surface area (Å²) in [6.07, 6.45) is 1.81. The first kappa shape index (κ1) is 23.8. The Labute approximate surface area is 207 Å². The van der Waals surface area contributed by atoms with E-state index in [1.165, 1.54) is 22.8 Å². The summed E-state index contributed by atoms with van der Waals surface area (Å²) in [5.74, 6) is -0.589. The van der Waals surface area contributed by atoms with Crippen molar-refractivity contribution in [2.24, 2.45) is 4.99 Å². The second kappa shape index (κ2) is 9.90. The number of carbonyl (C=O) groups is 2. The molecule has 0 spiro atoms. The van der Waals surface area contributed by atoms with Gasteiger partial charge in [0, 0.05) is 11.4 Å². The highest BCUT2D eigenvalue weighted by Crippen LogP contribution is 2.31. The molecule has 0 amide bonds. The van der Waals surface area contributed by atoms with E-state index in [0.29, 0.717) is 31.9 Å². The van der Waals surface area contributed by atoms with E-state index in [9.17, 15) is 14.4 Å². The molecular formula is C25H21BrN2O5S. The molecule has 34 heavy (non-hydrogen) atoms. The van der Waals surface area contributed by atoms with E-state index in [4.69, 9.17) is 9.47 Å². The molecule has 2 aromatic carbocycles. The van der Waals surface area contributed by atoms with Gasteiger partial charge in [-0.05, 0) is 55.3 Å². The zero-order valence-corrected chi connectivity index (χ0v) is 21.1. The quantitative estimate of drug-likeness (QED) is 0.365. The van der Waals surface area contributed by atoms with Gasteiger partial charge in [-0.1, -0.05) is 51.5 Å². The van der Waals surface area contributed by atoms with Crippen LogP contribution >= 0.6 is 27.3 Å². The fraction of sp³-hybridized carbons (Fsp3) is 0.200. The van der Waals surface area contributed by atoms with Crippen LogP contribution in [0.1, 0.15) is 37.9 Å². The van der Waals surface area contributed by atoms with Crippen LogP contribution < -0.4 is 19.6 Å². The fourth-order valence-electron chi connectivity index (χ4n) is 3.70. The van der Waals surface area contributed by atoms with Crippen molar-refractivity contribution >= 4 is 45.3 Å². The van der Waals surface area contributed by atoms with E-state index in [1.54, 1.807) is 44.2 Å². The maximum atomic E-state index is 13.5. The molecule has 9 heteroatoms. The highest BCUT2D eigenvalue weighted by atomic mass is 79.9. The lowest BCUT2D eigenvalue weighted by Gasteiger charge is -2.24. The number of thiazole rings is 1. The molecule has 1 unspecified atom stereocenters. The maximum absolute atomic E-state index is 13.5. The number of esters is 2. The van der Waals surface area contributed by atoms with Gasteiger partial charge in [0.2, 0.25) is 0 Å². The van der Waals surface area contributed by atoms with Gasteiger partial charge in [0.1, 0.15) is 5.75 Å². The Kier molecular flexibility index (Phi) is 6.95. The van der Waals surface area contributed by atoms with Gasteiger partial charge < -0.3 is 9.47 Å². The molecule has 174 valence electrons. The highest BCUT2D eigenvalue weighted by Gasteiger charge is 2.33. The molecule has 1 aromatic heterocycles. The summed E-state index contributed by atoms with van der Waals surface area (Å²) in [5.41, 5.74) is 2.07. The summed E-state index contributed by atoms with van der Waals surface area (Å²) < 4.78 is 13.4. The van der Waals surface area contributed by atoms with Gasteiger partial charge in [-0.2, -0.15) is 0 Å². The molecule has 1 aliphatic heterocycles. The molecule has 0 bridgehead atoms. The van der Waals surface area contributed by atoms with Gasteiger partial charge in [-0.25, -0.2) is 9.79 Å². The molecule has 0 radical (unpaired) electrons. The summed E-state index contributed by atoms with van der Waals surface area (Å²) in [6, 6.07) is 13.6. The predicted molar refractivity (Wildman–Crippen MR) is 132 cm³/mol. The first-order valence-electron chi connectivity index (χ1n) is 10.5. The first-order chi connectivity index (χ1) is 16.3. The van der Waals surface area contributed by atoms with Crippen molar-refractivity contribution < 1.29 is 19.1 Å². The van der Waals surface area contributed by atoms with E-state index in [2.05, 4.69) is 20.9 Å². The number of allylic oxidation sites excluding steroid dienone is 1. The number of halogens is 1. The van der Waals surface area contributed by atoms with Gasteiger partial charge in [-0.15, -0.1) is 0 Å². The molecule has 1 atom stereocenters.